The number of nitrogens with zero attached hydrogens (tertiary/aromatic N) is 2. The number of aromatic amines is 1. The lowest BCUT2D eigenvalue weighted by Crippen LogP contribution is -2.52. The summed E-state index contributed by atoms with van der Waals surface area (Å²) in [6, 6.07) is 2.57. The molecule has 1 fully saturated rings. The molecule has 0 radical (unpaired) electrons. The van der Waals surface area contributed by atoms with E-state index in [1.807, 2.05) is 0 Å². The van der Waals surface area contributed by atoms with Crippen LogP contribution < -0.4 is 21.3 Å². The molecule has 220 valence electrons. The van der Waals surface area contributed by atoms with Crippen molar-refractivity contribution < 1.29 is 40.3 Å². The van der Waals surface area contributed by atoms with Crippen LogP contribution in [0.1, 0.15) is 36.4 Å². The van der Waals surface area contributed by atoms with E-state index in [-0.39, 0.29) is 29.4 Å². The Bertz CT molecular complexity index is 1460. The molecular weight excluding hydrogens is 563 g/mol. The van der Waals surface area contributed by atoms with Crippen molar-refractivity contribution in [3.05, 3.63) is 81.9 Å². The number of nitrogens with two attached hydrogens (primary N) is 1. The lowest BCUT2D eigenvalue weighted by atomic mass is 9.86. The highest BCUT2D eigenvalue weighted by Gasteiger charge is 2.47. The van der Waals surface area contributed by atoms with Crippen molar-refractivity contribution in [1.29, 1.82) is 0 Å². The number of hydrogen-bond acceptors (Lipinski definition) is 6. The molecule has 15 heteroatoms. The number of carbonyl (C=O) groups is 1. The van der Waals surface area contributed by atoms with E-state index in [1.54, 1.807) is 0 Å². The number of piperidine rings is 1. The molecule has 0 aliphatic carbocycles. The van der Waals surface area contributed by atoms with Gasteiger partial charge in [-0.3, -0.25) is 14.5 Å². The average Bonchev–Trinajstić information content (AvgIpc) is 2.90. The predicted octanol–water partition coefficient (Wildman–Crippen LogP) is 4.85. The molecule has 1 aliphatic heterocycles. The van der Waals surface area contributed by atoms with E-state index >= 15 is 0 Å². The Balaban J connectivity index is 1.45. The fraction of sp³-hybridized carbons (Fsp3) is 0.346. The van der Waals surface area contributed by atoms with Gasteiger partial charge in [0.2, 0.25) is 5.91 Å². The number of amides is 1. The second-order valence-corrected chi connectivity index (χ2v) is 9.52. The summed E-state index contributed by atoms with van der Waals surface area (Å²) in [5.41, 5.74) is 2.86. The fourth-order valence-corrected chi connectivity index (χ4v) is 4.35. The Morgan fingerprint density at radius 1 is 1.22 bits per heavy atom. The first-order chi connectivity index (χ1) is 19.2. The summed E-state index contributed by atoms with van der Waals surface area (Å²) in [6.07, 6.45) is -3.55. The van der Waals surface area contributed by atoms with Gasteiger partial charge in [-0.05, 0) is 42.8 Å². The zero-order valence-electron chi connectivity index (χ0n) is 21.3. The third-order valence-electron chi connectivity index (χ3n) is 6.74. The Morgan fingerprint density at radius 3 is 2.59 bits per heavy atom. The van der Waals surface area contributed by atoms with Crippen molar-refractivity contribution in [2.45, 2.75) is 43.4 Å². The SMILES string of the molecule is C[C@@H](C(=O)Nc1ccc(Oc2ccc(F)cc2F)cn1)N1CCC(F)(F)[C@@H](c2c[nH]c(=O)c([C@H](N)C(F)(F)F)c2)C1. The van der Waals surface area contributed by atoms with E-state index in [4.69, 9.17) is 10.5 Å². The van der Waals surface area contributed by atoms with Crippen molar-refractivity contribution in [3.8, 4) is 11.5 Å². The number of benzene rings is 1. The summed E-state index contributed by atoms with van der Waals surface area (Å²) in [5, 5.41) is 2.52. The van der Waals surface area contributed by atoms with E-state index in [2.05, 4.69) is 15.3 Å². The van der Waals surface area contributed by atoms with Crippen LogP contribution in [0.5, 0.6) is 11.5 Å². The highest BCUT2D eigenvalue weighted by molar-refractivity contribution is 5.93. The molecule has 0 spiro atoms. The molecule has 3 atom stereocenters. The molecule has 1 saturated heterocycles. The fourth-order valence-electron chi connectivity index (χ4n) is 4.35. The summed E-state index contributed by atoms with van der Waals surface area (Å²) < 4.78 is 101. The van der Waals surface area contributed by atoms with Crippen molar-refractivity contribution >= 4 is 11.7 Å². The molecule has 8 nitrogen and oxygen atoms in total. The minimum Gasteiger partial charge on any atom is -0.453 e. The van der Waals surface area contributed by atoms with E-state index < -0.39 is 71.7 Å². The Morgan fingerprint density at radius 2 is 1.95 bits per heavy atom. The maximum Gasteiger partial charge on any atom is 0.407 e. The monoisotopic (exact) mass is 587 g/mol. The third-order valence-corrected chi connectivity index (χ3v) is 6.74. The van der Waals surface area contributed by atoms with Gasteiger partial charge in [-0.15, -0.1) is 0 Å². The van der Waals surface area contributed by atoms with Gasteiger partial charge in [-0.25, -0.2) is 22.5 Å². The first-order valence-corrected chi connectivity index (χ1v) is 12.2. The molecule has 0 saturated carbocycles. The highest BCUT2D eigenvalue weighted by atomic mass is 19.4. The summed E-state index contributed by atoms with van der Waals surface area (Å²) >= 11 is 0. The van der Waals surface area contributed by atoms with E-state index in [0.717, 1.165) is 24.4 Å². The zero-order valence-corrected chi connectivity index (χ0v) is 21.3. The van der Waals surface area contributed by atoms with Crippen LogP contribution >= 0.6 is 0 Å². The molecule has 4 N–H and O–H groups in total. The van der Waals surface area contributed by atoms with Gasteiger partial charge < -0.3 is 20.8 Å². The molecule has 1 aromatic carbocycles. The van der Waals surface area contributed by atoms with Gasteiger partial charge in [0.15, 0.2) is 11.6 Å². The Labute approximate surface area is 228 Å². The number of carbonyl (C=O) groups excluding carboxylic acids is 1. The van der Waals surface area contributed by atoms with Gasteiger partial charge in [0.25, 0.3) is 11.5 Å². The van der Waals surface area contributed by atoms with Gasteiger partial charge in [-0.1, -0.05) is 0 Å². The lowest BCUT2D eigenvalue weighted by Gasteiger charge is -2.40. The molecular formula is C26H24F7N5O3. The van der Waals surface area contributed by atoms with E-state index in [9.17, 15) is 40.3 Å². The minimum absolute atomic E-state index is 0.0686. The van der Waals surface area contributed by atoms with Crippen LogP contribution in [0.3, 0.4) is 0 Å². The van der Waals surface area contributed by atoms with Gasteiger partial charge in [-0.2, -0.15) is 13.2 Å². The summed E-state index contributed by atoms with van der Waals surface area (Å²) in [5.74, 6) is -7.38. The second-order valence-electron chi connectivity index (χ2n) is 9.52. The summed E-state index contributed by atoms with van der Waals surface area (Å²) in [4.78, 5) is 32.3. The topological polar surface area (TPSA) is 113 Å². The maximum absolute atomic E-state index is 14.9. The van der Waals surface area contributed by atoms with Crippen LogP contribution in [-0.4, -0.2) is 52.0 Å². The highest BCUT2D eigenvalue weighted by Crippen LogP contribution is 2.41. The maximum atomic E-state index is 14.9. The minimum atomic E-state index is -4.96. The molecule has 2 aromatic heterocycles. The van der Waals surface area contributed by atoms with Crippen molar-refractivity contribution in [3.63, 3.8) is 0 Å². The number of anilines is 1. The number of halogens is 7. The largest absolute Gasteiger partial charge is 0.453 e. The molecule has 1 amide bonds. The number of H-pyrrole nitrogens is 1. The van der Waals surface area contributed by atoms with Crippen LogP contribution in [0.4, 0.5) is 36.6 Å². The molecule has 0 unspecified atom stereocenters. The Kier molecular flexibility index (Phi) is 8.40. The zero-order chi connectivity index (χ0) is 30.1. The number of alkyl halides is 5. The number of rotatable bonds is 7. The van der Waals surface area contributed by atoms with Gasteiger partial charge >= 0.3 is 6.18 Å². The standard InChI is InChI=1S/C26H24F7N5O3/c1-13(23(39)37-21-5-3-16(11-35-21)41-20-4-2-15(27)9-19(20)28)38-7-6-25(29,30)18(12-38)14-8-17(24(40)36-10-14)22(34)26(31,32)33/h2-5,8-11,13,18,22H,6-7,12,34H2,1H3,(H,36,40)(H,35,37,39)/t13-,18+,22-/m0/s1. The van der Waals surface area contributed by atoms with Crippen molar-refractivity contribution in [1.82, 2.24) is 14.9 Å². The quantitative estimate of drug-likeness (QED) is 0.341. The lowest BCUT2D eigenvalue weighted by molar-refractivity contribution is -0.149. The van der Waals surface area contributed by atoms with Crippen LogP contribution in [0.2, 0.25) is 0 Å². The number of aromatic nitrogens is 2. The van der Waals surface area contributed by atoms with Gasteiger partial charge in [0, 0.05) is 37.3 Å². The molecule has 3 heterocycles. The third kappa shape index (κ3) is 6.85. The van der Waals surface area contributed by atoms with Crippen molar-refractivity contribution in [2.24, 2.45) is 5.73 Å². The van der Waals surface area contributed by atoms with Crippen molar-refractivity contribution in [2.75, 3.05) is 18.4 Å². The first kappa shape index (κ1) is 30.0. The molecule has 3 aromatic rings. The van der Waals surface area contributed by atoms with Crippen LogP contribution in [0, 0.1) is 11.6 Å². The molecule has 0 bridgehead atoms. The second kappa shape index (κ2) is 11.5. The number of nitrogens with one attached hydrogen (secondary N) is 2. The smallest absolute Gasteiger partial charge is 0.407 e. The number of hydrogen-bond donors (Lipinski definition) is 3. The average molecular weight is 587 g/mol. The molecule has 41 heavy (non-hydrogen) atoms. The van der Waals surface area contributed by atoms with E-state index in [0.29, 0.717) is 6.07 Å². The molecule has 4 rings (SSSR count). The van der Waals surface area contributed by atoms with E-state index in [1.165, 1.54) is 30.2 Å². The van der Waals surface area contributed by atoms with Crippen LogP contribution in [0.15, 0.2) is 53.6 Å². The summed E-state index contributed by atoms with van der Waals surface area (Å²) in [7, 11) is 0. The van der Waals surface area contributed by atoms with Crippen LogP contribution in [0.25, 0.3) is 0 Å². The number of likely N-dealkylation sites (tertiary alicyclic amines) is 1. The first-order valence-electron chi connectivity index (χ1n) is 12.2. The number of ether oxygens (including phenoxy) is 1. The number of pyridine rings is 2. The predicted molar refractivity (Wildman–Crippen MR) is 133 cm³/mol. The van der Waals surface area contributed by atoms with Crippen LogP contribution in [-0.2, 0) is 4.79 Å². The summed E-state index contributed by atoms with van der Waals surface area (Å²) in [6.45, 7) is 0.861. The molecule has 1 aliphatic rings. The van der Waals surface area contributed by atoms with Gasteiger partial charge in [0.05, 0.1) is 18.2 Å². The van der Waals surface area contributed by atoms with Gasteiger partial charge in [0.1, 0.15) is 23.4 Å². The Hall–Kier alpha value is -3.98. The normalized spacial score (nSPS) is 18.9.